The minimum atomic E-state index is 0.226. The molecule has 0 aliphatic rings. The van der Waals surface area contributed by atoms with E-state index in [1.54, 1.807) is 0 Å². The zero-order valence-corrected chi connectivity index (χ0v) is 14.0. The van der Waals surface area contributed by atoms with Gasteiger partial charge in [-0.3, -0.25) is 4.68 Å². The Kier molecular flexibility index (Phi) is 7.04. The molecule has 1 heterocycles. The van der Waals surface area contributed by atoms with Crippen molar-refractivity contribution in [2.24, 2.45) is 5.92 Å². The van der Waals surface area contributed by atoms with Gasteiger partial charge in [0.25, 0.3) is 0 Å². The maximum atomic E-state index is 9.11. The molecule has 5 heteroatoms. The average molecular weight is 332 g/mol. The number of aliphatic hydroxyl groups is 1. The molecule has 4 nitrogen and oxygen atoms in total. The van der Waals surface area contributed by atoms with Gasteiger partial charge in [-0.2, -0.15) is 5.10 Å². The molecular formula is C14H26BrN3O. The fourth-order valence-electron chi connectivity index (χ4n) is 2.22. The quantitative estimate of drug-likeness (QED) is 0.770. The number of nitrogens with one attached hydrogen (secondary N) is 1. The molecule has 0 radical (unpaired) electrons. The first-order chi connectivity index (χ1) is 9.04. The predicted molar refractivity (Wildman–Crippen MR) is 82.1 cm³/mol. The van der Waals surface area contributed by atoms with Gasteiger partial charge in [-0.15, -0.1) is 0 Å². The van der Waals surface area contributed by atoms with Crippen molar-refractivity contribution in [3.8, 4) is 0 Å². The van der Waals surface area contributed by atoms with Crippen LogP contribution in [0.5, 0.6) is 0 Å². The molecule has 0 aliphatic heterocycles. The standard InChI is InChI=1S/C14H26BrN3O/c1-5-11-14(15)13(18(6-2)17-11)9-16-12(7-8-19)10(3)4/h10,12,16,19H,5-9H2,1-4H3. The molecule has 0 bridgehead atoms. The molecular weight excluding hydrogens is 306 g/mol. The Morgan fingerprint density at radius 2 is 2.05 bits per heavy atom. The summed E-state index contributed by atoms with van der Waals surface area (Å²) in [5, 5.41) is 17.2. The van der Waals surface area contributed by atoms with Crippen molar-refractivity contribution in [2.45, 2.75) is 59.7 Å². The van der Waals surface area contributed by atoms with Crippen molar-refractivity contribution in [2.75, 3.05) is 6.61 Å². The Bertz CT molecular complexity index is 390. The van der Waals surface area contributed by atoms with Crippen molar-refractivity contribution in [3.63, 3.8) is 0 Å². The van der Waals surface area contributed by atoms with Crippen LogP contribution in [-0.4, -0.2) is 27.5 Å². The third-order valence-corrected chi connectivity index (χ3v) is 4.39. The molecule has 0 amide bonds. The lowest BCUT2D eigenvalue weighted by Gasteiger charge is -2.22. The van der Waals surface area contributed by atoms with Crippen LogP contribution in [0.25, 0.3) is 0 Å². The Morgan fingerprint density at radius 3 is 2.53 bits per heavy atom. The van der Waals surface area contributed by atoms with E-state index in [2.05, 4.69) is 54.0 Å². The van der Waals surface area contributed by atoms with E-state index in [4.69, 9.17) is 5.11 Å². The molecule has 110 valence electrons. The summed E-state index contributed by atoms with van der Waals surface area (Å²) in [6, 6.07) is 0.335. The molecule has 19 heavy (non-hydrogen) atoms. The summed E-state index contributed by atoms with van der Waals surface area (Å²) in [5.74, 6) is 0.509. The third kappa shape index (κ3) is 4.29. The second-order valence-electron chi connectivity index (χ2n) is 5.12. The molecule has 0 fully saturated rings. The fraction of sp³-hybridized carbons (Fsp3) is 0.786. The summed E-state index contributed by atoms with van der Waals surface area (Å²) in [6.07, 6.45) is 1.72. The number of halogens is 1. The molecule has 1 unspecified atom stereocenters. The van der Waals surface area contributed by atoms with Gasteiger partial charge in [-0.05, 0) is 41.6 Å². The monoisotopic (exact) mass is 331 g/mol. The van der Waals surface area contributed by atoms with E-state index in [1.807, 2.05) is 4.68 Å². The zero-order valence-electron chi connectivity index (χ0n) is 12.4. The van der Waals surface area contributed by atoms with Gasteiger partial charge in [0.15, 0.2) is 0 Å². The van der Waals surface area contributed by atoms with Crippen LogP contribution in [0, 0.1) is 5.92 Å². The van der Waals surface area contributed by atoms with E-state index in [-0.39, 0.29) is 6.61 Å². The Balaban J connectivity index is 2.78. The molecule has 1 atom stereocenters. The number of hydrogen-bond acceptors (Lipinski definition) is 3. The number of rotatable bonds is 8. The largest absolute Gasteiger partial charge is 0.396 e. The van der Waals surface area contributed by atoms with E-state index in [0.717, 1.165) is 36.1 Å². The highest BCUT2D eigenvalue weighted by atomic mass is 79.9. The summed E-state index contributed by atoms with van der Waals surface area (Å²) in [7, 11) is 0. The van der Waals surface area contributed by atoms with Crippen LogP contribution in [0.3, 0.4) is 0 Å². The van der Waals surface area contributed by atoms with E-state index in [1.165, 1.54) is 5.69 Å². The SMILES string of the molecule is CCc1nn(CC)c(CNC(CCO)C(C)C)c1Br. The molecule has 2 N–H and O–H groups in total. The first-order valence-electron chi connectivity index (χ1n) is 7.13. The minimum absolute atomic E-state index is 0.226. The third-order valence-electron chi connectivity index (χ3n) is 3.47. The predicted octanol–water partition coefficient (Wildman–Crippen LogP) is 2.72. The first-order valence-corrected chi connectivity index (χ1v) is 7.92. The van der Waals surface area contributed by atoms with Gasteiger partial charge in [0, 0.05) is 25.7 Å². The van der Waals surface area contributed by atoms with Crippen LogP contribution in [0.4, 0.5) is 0 Å². The topological polar surface area (TPSA) is 50.1 Å². The molecule has 0 saturated heterocycles. The molecule has 1 rings (SSSR count). The van der Waals surface area contributed by atoms with Crippen molar-refractivity contribution >= 4 is 15.9 Å². The molecule has 1 aromatic rings. The van der Waals surface area contributed by atoms with Crippen molar-refractivity contribution < 1.29 is 5.11 Å². The van der Waals surface area contributed by atoms with Crippen molar-refractivity contribution in [3.05, 3.63) is 15.9 Å². The van der Waals surface area contributed by atoms with Crippen LogP contribution in [0.2, 0.25) is 0 Å². The number of hydrogen-bond donors (Lipinski definition) is 2. The van der Waals surface area contributed by atoms with Crippen molar-refractivity contribution in [1.29, 1.82) is 0 Å². The van der Waals surface area contributed by atoms with Gasteiger partial charge in [-0.25, -0.2) is 0 Å². The number of nitrogens with zero attached hydrogens (tertiary/aromatic N) is 2. The lowest BCUT2D eigenvalue weighted by Crippen LogP contribution is -2.35. The smallest absolute Gasteiger partial charge is 0.0767 e. The van der Waals surface area contributed by atoms with E-state index < -0.39 is 0 Å². The fourth-order valence-corrected chi connectivity index (χ4v) is 2.93. The van der Waals surface area contributed by atoms with Gasteiger partial charge in [0.2, 0.25) is 0 Å². The summed E-state index contributed by atoms with van der Waals surface area (Å²) >= 11 is 3.66. The molecule has 0 aliphatic carbocycles. The van der Waals surface area contributed by atoms with Gasteiger partial charge in [0.05, 0.1) is 15.9 Å². The highest BCUT2D eigenvalue weighted by Gasteiger charge is 2.17. The average Bonchev–Trinajstić information content (AvgIpc) is 2.70. The molecule has 0 spiro atoms. The number of aliphatic hydroxyl groups excluding tert-OH is 1. The van der Waals surface area contributed by atoms with Gasteiger partial charge in [0.1, 0.15) is 0 Å². The lowest BCUT2D eigenvalue weighted by molar-refractivity contribution is 0.243. The van der Waals surface area contributed by atoms with Crippen LogP contribution in [0.1, 0.15) is 45.5 Å². The van der Waals surface area contributed by atoms with Crippen LogP contribution < -0.4 is 5.32 Å². The lowest BCUT2D eigenvalue weighted by atomic mass is 10.0. The summed E-state index contributed by atoms with van der Waals surface area (Å²) < 4.78 is 3.17. The number of aromatic nitrogens is 2. The highest BCUT2D eigenvalue weighted by Crippen LogP contribution is 2.22. The normalized spacial score (nSPS) is 13.2. The molecule has 0 saturated carbocycles. The van der Waals surface area contributed by atoms with Crippen molar-refractivity contribution in [1.82, 2.24) is 15.1 Å². The Labute approximate surface area is 124 Å². The first kappa shape index (κ1) is 16.7. The second-order valence-corrected chi connectivity index (χ2v) is 5.91. The van der Waals surface area contributed by atoms with Gasteiger partial charge in [-0.1, -0.05) is 20.8 Å². The maximum absolute atomic E-state index is 9.11. The maximum Gasteiger partial charge on any atom is 0.0767 e. The Morgan fingerprint density at radius 1 is 1.37 bits per heavy atom. The molecule has 0 aromatic carbocycles. The zero-order chi connectivity index (χ0) is 14.4. The Hall–Kier alpha value is -0.390. The molecule has 1 aromatic heterocycles. The summed E-state index contributed by atoms with van der Waals surface area (Å²) in [4.78, 5) is 0. The van der Waals surface area contributed by atoms with Gasteiger partial charge >= 0.3 is 0 Å². The van der Waals surface area contributed by atoms with Crippen LogP contribution >= 0.6 is 15.9 Å². The van der Waals surface area contributed by atoms with Crippen LogP contribution in [-0.2, 0) is 19.5 Å². The van der Waals surface area contributed by atoms with E-state index >= 15 is 0 Å². The number of aryl methyl sites for hydroxylation is 2. The second kappa shape index (κ2) is 8.02. The van der Waals surface area contributed by atoms with E-state index in [0.29, 0.717) is 12.0 Å². The summed E-state index contributed by atoms with van der Waals surface area (Å²) in [5.41, 5.74) is 2.31. The van der Waals surface area contributed by atoms with Gasteiger partial charge < -0.3 is 10.4 Å². The van der Waals surface area contributed by atoms with Crippen LogP contribution in [0.15, 0.2) is 4.47 Å². The summed E-state index contributed by atoms with van der Waals surface area (Å²) in [6.45, 7) is 10.5. The van der Waals surface area contributed by atoms with E-state index in [9.17, 15) is 0 Å². The highest BCUT2D eigenvalue weighted by molar-refractivity contribution is 9.10. The minimum Gasteiger partial charge on any atom is -0.396 e.